The van der Waals surface area contributed by atoms with E-state index in [0.717, 1.165) is 51.2 Å². The van der Waals surface area contributed by atoms with Crippen molar-refractivity contribution in [1.29, 1.82) is 0 Å². The van der Waals surface area contributed by atoms with Crippen LogP contribution in [0.15, 0.2) is 6.20 Å². The SMILES string of the molecule is Nc1ncc2c(n1)CN(CCOC1CCCCO1)CC2. The van der Waals surface area contributed by atoms with Crippen molar-refractivity contribution < 1.29 is 9.47 Å². The summed E-state index contributed by atoms with van der Waals surface area (Å²) in [4.78, 5) is 10.7. The van der Waals surface area contributed by atoms with Gasteiger partial charge >= 0.3 is 0 Å². The molecule has 2 aliphatic heterocycles. The third-order valence-corrected chi connectivity index (χ3v) is 3.89. The van der Waals surface area contributed by atoms with Gasteiger partial charge in [-0.3, -0.25) is 4.90 Å². The number of nitrogens with two attached hydrogens (primary N) is 1. The van der Waals surface area contributed by atoms with Crippen LogP contribution >= 0.6 is 0 Å². The number of aromatic nitrogens is 2. The smallest absolute Gasteiger partial charge is 0.220 e. The molecule has 3 heterocycles. The lowest BCUT2D eigenvalue weighted by atomic mass is 10.1. The summed E-state index contributed by atoms with van der Waals surface area (Å²) in [7, 11) is 0. The number of hydrogen-bond acceptors (Lipinski definition) is 6. The molecule has 2 aliphatic rings. The average Bonchev–Trinajstić information content (AvgIpc) is 2.48. The van der Waals surface area contributed by atoms with Gasteiger partial charge in [-0.15, -0.1) is 0 Å². The largest absolute Gasteiger partial charge is 0.368 e. The van der Waals surface area contributed by atoms with E-state index in [0.29, 0.717) is 12.6 Å². The van der Waals surface area contributed by atoms with Crippen LogP contribution in [0, 0.1) is 0 Å². The predicted molar refractivity (Wildman–Crippen MR) is 75.0 cm³/mol. The summed E-state index contributed by atoms with van der Waals surface area (Å²) in [5.41, 5.74) is 7.91. The first-order valence-electron chi connectivity index (χ1n) is 7.37. The van der Waals surface area contributed by atoms with Gasteiger partial charge in [0, 0.05) is 32.4 Å². The summed E-state index contributed by atoms with van der Waals surface area (Å²) in [6.45, 7) is 4.30. The van der Waals surface area contributed by atoms with Crippen molar-refractivity contribution in [3.05, 3.63) is 17.5 Å². The number of anilines is 1. The molecule has 110 valence electrons. The highest BCUT2D eigenvalue weighted by Gasteiger charge is 2.19. The molecule has 0 spiro atoms. The molecular formula is C14H22N4O2. The second-order valence-corrected chi connectivity index (χ2v) is 5.39. The maximum Gasteiger partial charge on any atom is 0.220 e. The Morgan fingerprint density at radius 1 is 1.45 bits per heavy atom. The normalized spacial score (nSPS) is 23.5. The van der Waals surface area contributed by atoms with E-state index < -0.39 is 0 Å². The van der Waals surface area contributed by atoms with Crippen molar-refractivity contribution in [3.8, 4) is 0 Å². The first kappa shape index (κ1) is 13.7. The van der Waals surface area contributed by atoms with Crippen LogP contribution in [-0.4, -0.2) is 47.5 Å². The lowest BCUT2D eigenvalue weighted by Crippen LogP contribution is -2.35. The minimum absolute atomic E-state index is 0.00111. The highest BCUT2D eigenvalue weighted by atomic mass is 16.7. The molecule has 1 atom stereocenters. The molecule has 0 bridgehead atoms. The van der Waals surface area contributed by atoms with Crippen molar-refractivity contribution in [2.45, 2.75) is 38.5 Å². The molecule has 2 N–H and O–H groups in total. The van der Waals surface area contributed by atoms with E-state index in [9.17, 15) is 0 Å². The molecule has 3 rings (SSSR count). The zero-order valence-electron chi connectivity index (χ0n) is 11.8. The van der Waals surface area contributed by atoms with Crippen LogP contribution in [0.3, 0.4) is 0 Å². The number of ether oxygens (including phenoxy) is 2. The third-order valence-electron chi connectivity index (χ3n) is 3.89. The summed E-state index contributed by atoms with van der Waals surface area (Å²) in [5, 5.41) is 0. The molecule has 1 unspecified atom stereocenters. The molecule has 0 radical (unpaired) electrons. The van der Waals surface area contributed by atoms with Gasteiger partial charge in [0.15, 0.2) is 6.29 Å². The molecule has 20 heavy (non-hydrogen) atoms. The Morgan fingerprint density at radius 3 is 3.25 bits per heavy atom. The second-order valence-electron chi connectivity index (χ2n) is 5.39. The lowest BCUT2D eigenvalue weighted by molar-refractivity contribution is -0.164. The quantitative estimate of drug-likeness (QED) is 0.884. The Hall–Kier alpha value is -1.24. The molecule has 0 saturated carbocycles. The van der Waals surface area contributed by atoms with E-state index in [2.05, 4.69) is 14.9 Å². The Bertz CT molecular complexity index is 449. The van der Waals surface area contributed by atoms with E-state index in [4.69, 9.17) is 15.2 Å². The van der Waals surface area contributed by atoms with Crippen LogP contribution in [-0.2, 0) is 22.4 Å². The standard InChI is InChI=1S/C14H22N4O2/c15-14-16-9-11-4-5-18(10-12(11)17-14)6-8-20-13-3-1-2-7-19-13/h9,13H,1-8,10H2,(H2,15,16,17). The van der Waals surface area contributed by atoms with Crippen LogP contribution < -0.4 is 5.73 Å². The second kappa shape index (κ2) is 6.47. The summed E-state index contributed by atoms with van der Waals surface area (Å²) < 4.78 is 11.3. The molecule has 0 aromatic carbocycles. The summed E-state index contributed by atoms with van der Waals surface area (Å²) in [5.74, 6) is 0.359. The molecule has 0 aliphatic carbocycles. The zero-order valence-corrected chi connectivity index (χ0v) is 11.8. The van der Waals surface area contributed by atoms with Crippen LogP contribution in [0.1, 0.15) is 30.5 Å². The Labute approximate surface area is 119 Å². The molecular weight excluding hydrogens is 256 g/mol. The van der Waals surface area contributed by atoms with E-state index in [-0.39, 0.29) is 6.29 Å². The topological polar surface area (TPSA) is 73.5 Å². The fourth-order valence-electron chi connectivity index (χ4n) is 2.72. The first-order valence-corrected chi connectivity index (χ1v) is 7.37. The zero-order chi connectivity index (χ0) is 13.8. The van der Waals surface area contributed by atoms with Gasteiger partial charge in [0.05, 0.1) is 12.3 Å². The molecule has 0 amide bonds. The average molecular weight is 278 g/mol. The minimum Gasteiger partial charge on any atom is -0.368 e. The molecule has 1 aromatic rings. The number of fused-ring (bicyclic) bond motifs is 1. The minimum atomic E-state index is -0.00111. The van der Waals surface area contributed by atoms with Crippen LogP contribution in [0.5, 0.6) is 0 Å². The van der Waals surface area contributed by atoms with E-state index in [1.807, 2.05) is 6.20 Å². The highest BCUT2D eigenvalue weighted by molar-refractivity contribution is 5.26. The van der Waals surface area contributed by atoms with Crippen LogP contribution in [0.4, 0.5) is 5.95 Å². The van der Waals surface area contributed by atoms with Gasteiger partial charge < -0.3 is 15.2 Å². The first-order chi connectivity index (χ1) is 9.81. The highest BCUT2D eigenvalue weighted by Crippen LogP contribution is 2.17. The van der Waals surface area contributed by atoms with Gasteiger partial charge in [-0.2, -0.15) is 0 Å². The van der Waals surface area contributed by atoms with Crippen molar-refractivity contribution in [2.75, 3.05) is 32.0 Å². The van der Waals surface area contributed by atoms with Gasteiger partial charge in [-0.1, -0.05) is 0 Å². The monoisotopic (exact) mass is 278 g/mol. The van der Waals surface area contributed by atoms with Gasteiger partial charge in [0.2, 0.25) is 5.95 Å². The fourth-order valence-corrected chi connectivity index (χ4v) is 2.72. The third kappa shape index (κ3) is 3.45. The van der Waals surface area contributed by atoms with Crippen molar-refractivity contribution in [2.24, 2.45) is 0 Å². The number of hydrogen-bond donors (Lipinski definition) is 1. The van der Waals surface area contributed by atoms with Crippen LogP contribution in [0.2, 0.25) is 0 Å². The molecule has 1 fully saturated rings. The van der Waals surface area contributed by atoms with Gasteiger partial charge in [0.1, 0.15) is 0 Å². The molecule has 6 nitrogen and oxygen atoms in total. The molecule has 1 aromatic heterocycles. The molecule has 1 saturated heterocycles. The Balaban J connectivity index is 1.45. The summed E-state index contributed by atoms with van der Waals surface area (Å²) in [6, 6.07) is 0. The van der Waals surface area contributed by atoms with Gasteiger partial charge in [-0.05, 0) is 31.2 Å². The van der Waals surface area contributed by atoms with Crippen molar-refractivity contribution in [3.63, 3.8) is 0 Å². The van der Waals surface area contributed by atoms with E-state index in [1.165, 1.54) is 12.0 Å². The summed E-state index contributed by atoms with van der Waals surface area (Å²) >= 11 is 0. The van der Waals surface area contributed by atoms with E-state index >= 15 is 0 Å². The van der Waals surface area contributed by atoms with Crippen molar-refractivity contribution >= 4 is 5.95 Å². The Morgan fingerprint density at radius 2 is 2.40 bits per heavy atom. The number of nitrogens with zero attached hydrogens (tertiary/aromatic N) is 3. The van der Waals surface area contributed by atoms with Crippen molar-refractivity contribution in [1.82, 2.24) is 14.9 Å². The maximum atomic E-state index is 5.78. The predicted octanol–water partition coefficient (Wildman–Crippen LogP) is 0.960. The van der Waals surface area contributed by atoms with E-state index in [1.54, 1.807) is 0 Å². The number of rotatable bonds is 4. The fraction of sp³-hybridized carbons (Fsp3) is 0.714. The van der Waals surface area contributed by atoms with Gasteiger partial charge in [0.25, 0.3) is 0 Å². The molecule has 6 heteroatoms. The van der Waals surface area contributed by atoms with Gasteiger partial charge in [-0.25, -0.2) is 9.97 Å². The van der Waals surface area contributed by atoms with Crippen LogP contribution in [0.25, 0.3) is 0 Å². The lowest BCUT2D eigenvalue weighted by Gasteiger charge is -2.29. The number of nitrogen functional groups attached to an aromatic ring is 1. The Kier molecular flexibility index (Phi) is 4.44. The summed E-state index contributed by atoms with van der Waals surface area (Å²) in [6.07, 6.45) is 6.21. The maximum absolute atomic E-state index is 5.78.